The Labute approximate surface area is 149 Å². The third-order valence-corrected chi connectivity index (χ3v) is 4.55. The van der Waals surface area contributed by atoms with Crippen LogP contribution in [0.5, 0.6) is 0 Å². The molecule has 2 aromatic rings. The van der Waals surface area contributed by atoms with Gasteiger partial charge in [-0.3, -0.25) is 9.48 Å². The number of hydrogen-bond donors (Lipinski definition) is 1. The monoisotopic (exact) mass is 347 g/mol. The molecule has 4 nitrogen and oxygen atoms in total. The fraction of sp³-hybridized carbons (Fsp3) is 0.474. The molecule has 0 aliphatic carbocycles. The van der Waals surface area contributed by atoms with Gasteiger partial charge in [0, 0.05) is 23.6 Å². The molecule has 0 spiro atoms. The zero-order chi connectivity index (χ0) is 17.9. The minimum atomic E-state index is -0.470. The van der Waals surface area contributed by atoms with E-state index >= 15 is 0 Å². The molecule has 0 aliphatic heterocycles. The van der Waals surface area contributed by atoms with Gasteiger partial charge in [-0.2, -0.15) is 5.10 Å². The number of halogens is 1. The van der Waals surface area contributed by atoms with E-state index in [0.717, 1.165) is 29.4 Å². The van der Waals surface area contributed by atoms with E-state index in [1.165, 1.54) is 5.56 Å². The SMILES string of the molecule is CC(C)c1cc(NC(=O)C(C)(C)CCc2ccc(Cl)cc2)n(C)n1. The smallest absolute Gasteiger partial charge is 0.231 e. The quantitative estimate of drug-likeness (QED) is 0.816. The molecular weight excluding hydrogens is 322 g/mol. The Kier molecular flexibility index (Phi) is 5.70. The highest BCUT2D eigenvalue weighted by atomic mass is 35.5. The molecule has 0 fully saturated rings. The highest BCUT2D eigenvalue weighted by molar-refractivity contribution is 6.30. The van der Waals surface area contributed by atoms with Crippen LogP contribution in [0.2, 0.25) is 5.02 Å². The number of nitrogens with zero attached hydrogens (tertiary/aromatic N) is 2. The molecule has 2 rings (SSSR count). The van der Waals surface area contributed by atoms with Crippen molar-refractivity contribution >= 4 is 23.3 Å². The van der Waals surface area contributed by atoms with Crippen LogP contribution in [0.3, 0.4) is 0 Å². The third-order valence-electron chi connectivity index (χ3n) is 4.30. The first-order chi connectivity index (χ1) is 11.2. The van der Waals surface area contributed by atoms with Crippen LogP contribution in [-0.2, 0) is 18.3 Å². The zero-order valence-corrected chi connectivity index (χ0v) is 15.8. The number of nitrogens with one attached hydrogen (secondary N) is 1. The Morgan fingerprint density at radius 2 is 1.92 bits per heavy atom. The predicted molar refractivity (Wildman–Crippen MR) is 99.5 cm³/mol. The number of rotatable bonds is 6. The maximum atomic E-state index is 12.7. The summed E-state index contributed by atoms with van der Waals surface area (Å²) < 4.78 is 1.72. The predicted octanol–water partition coefficient (Wildman–Crippen LogP) is 4.79. The summed E-state index contributed by atoms with van der Waals surface area (Å²) in [5.74, 6) is 1.08. The maximum absolute atomic E-state index is 12.7. The van der Waals surface area contributed by atoms with Crippen LogP contribution in [-0.4, -0.2) is 15.7 Å². The zero-order valence-electron chi connectivity index (χ0n) is 15.1. The second-order valence-corrected chi connectivity index (χ2v) is 7.63. The Hall–Kier alpha value is -1.81. The lowest BCUT2D eigenvalue weighted by molar-refractivity contribution is -0.124. The molecule has 5 heteroatoms. The van der Waals surface area contributed by atoms with Gasteiger partial charge in [-0.25, -0.2) is 0 Å². The van der Waals surface area contributed by atoms with Crippen LogP contribution in [0.1, 0.15) is 51.3 Å². The fourth-order valence-electron chi connectivity index (χ4n) is 2.40. The van der Waals surface area contributed by atoms with Crippen LogP contribution in [0.15, 0.2) is 30.3 Å². The first-order valence-electron chi connectivity index (χ1n) is 8.29. The number of amides is 1. The number of anilines is 1. The second-order valence-electron chi connectivity index (χ2n) is 7.20. The van der Waals surface area contributed by atoms with Crippen molar-refractivity contribution < 1.29 is 4.79 Å². The molecule has 130 valence electrons. The molecule has 1 amide bonds. The van der Waals surface area contributed by atoms with Crippen molar-refractivity contribution in [2.24, 2.45) is 12.5 Å². The standard InChI is InChI=1S/C19H26ClN3O/c1-13(2)16-12-17(23(5)22-16)21-18(24)19(3,4)11-10-14-6-8-15(20)9-7-14/h6-9,12-13H,10-11H2,1-5H3,(H,21,24). The second kappa shape index (κ2) is 7.39. The van der Waals surface area contributed by atoms with Crippen LogP contribution < -0.4 is 5.32 Å². The van der Waals surface area contributed by atoms with E-state index in [1.807, 2.05) is 51.2 Å². The molecule has 0 radical (unpaired) electrons. The van der Waals surface area contributed by atoms with E-state index in [0.29, 0.717) is 5.92 Å². The summed E-state index contributed by atoms with van der Waals surface area (Å²) in [7, 11) is 1.85. The summed E-state index contributed by atoms with van der Waals surface area (Å²) in [6.45, 7) is 8.12. The summed E-state index contributed by atoms with van der Waals surface area (Å²) in [6.07, 6.45) is 1.59. The van der Waals surface area contributed by atoms with E-state index in [2.05, 4.69) is 24.3 Å². The summed E-state index contributed by atoms with van der Waals surface area (Å²) in [5.41, 5.74) is 1.69. The van der Waals surface area contributed by atoms with Gasteiger partial charge in [-0.1, -0.05) is 51.4 Å². The average Bonchev–Trinajstić information content (AvgIpc) is 2.88. The molecule has 0 aliphatic rings. The van der Waals surface area contributed by atoms with E-state index in [9.17, 15) is 4.79 Å². The van der Waals surface area contributed by atoms with E-state index in [4.69, 9.17) is 11.6 Å². The number of aromatic nitrogens is 2. The Morgan fingerprint density at radius 1 is 1.29 bits per heavy atom. The number of aryl methyl sites for hydroxylation is 2. The summed E-state index contributed by atoms with van der Waals surface area (Å²) in [6, 6.07) is 9.72. The molecule has 24 heavy (non-hydrogen) atoms. The molecule has 0 atom stereocenters. The van der Waals surface area contributed by atoms with Crippen LogP contribution in [0, 0.1) is 5.41 Å². The topological polar surface area (TPSA) is 46.9 Å². The molecule has 1 aromatic carbocycles. The average molecular weight is 348 g/mol. The minimum absolute atomic E-state index is 0.00905. The normalized spacial score (nSPS) is 11.8. The Morgan fingerprint density at radius 3 is 2.46 bits per heavy atom. The highest BCUT2D eigenvalue weighted by Gasteiger charge is 2.28. The van der Waals surface area contributed by atoms with Gasteiger partial charge in [0.15, 0.2) is 0 Å². The van der Waals surface area contributed by atoms with Crippen LogP contribution in [0.4, 0.5) is 5.82 Å². The number of carbonyl (C=O) groups excluding carboxylic acids is 1. The molecule has 1 N–H and O–H groups in total. The summed E-state index contributed by atoms with van der Waals surface area (Å²) in [5, 5.41) is 8.18. The van der Waals surface area contributed by atoms with Gasteiger partial charge < -0.3 is 5.32 Å². The first kappa shape index (κ1) is 18.5. The maximum Gasteiger partial charge on any atom is 0.231 e. The lowest BCUT2D eigenvalue weighted by Gasteiger charge is -2.23. The van der Waals surface area contributed by atoms with Crippen molar-refractivity contribution in [3.05, 3.63) is 46.6 Å². The fourth-order valence-corrected chi connectivity index (χ4v) is 2.52. The van der Waals surface area contributed by atoms with Crippen molar-refractivity contribution in [1.82, 2.24) is 9.78 Å². The minimum Gasteiger partial charge on any atom is -0.310 e. The van der Waals surface area contributed by atoms with Crippen molar-refractivity contribution in [2.75, 3.05) is 5.32 Å². The molecular formula is C19H26ClN3O. The largest absolute Gasteiger partial charge is 0.310 e. The Balaban J connectivity index is 2.00. The lowest BCUT2D eigenvalue weighted by atomic mass is 9.85. The van der Waals surface area contributed by atoms with Gasteiger partial charge in [0.05, 0.1) is 5.69 Å². The van der Waals surface area contributed by atoms with Gasteiger partial charge in [0.1, 0.15) is 5.82 Å². The lowest BCUT2D eigenvalue weighted by Crippen LogP contribution is -2.32. The van der Waals surface area contributed by atoms with Gasteiger partial charge in [0.2, 0.25) is 5.91 Å². The number of carbonyl (C=O) groups is 1. The molecule has 1 heterocycles. The number of hydrogen-bond acceptors (Lipinski definition) is 2. The van der Waals surface area contributed by atoms with E-state index in [1.54, 1.807) is 4.68 Å². The van der Waals surface area contributed by atoms with Crippen molar-refractivity contribution in [2.45, 2.75) is 46.5 Å². The number of benzene rings is 1. The van der Waals surface area contributed by atoms with Crippen molar-refractivity contribution in [3.8, 4) is 0 Å². The molecule has 0 unspecified atom stereocenters. The van der Waals surface area contributed by atoms with Gasteiger partial charge in [-0.05, 0) is 36.5 Å². The third kappa shape index (κ3) is 4.60. The Bertz CT molecular complexity index is 702. The first-order valence-corrected chi connectivity index (χ1v) is 8.66. The van der Waals surface area contributed by atoms with E-state index < -0.39 is 5.41 Å². The van der Waals surface area contributed by atoms with Crippen LogP contribution in [0.25, 0.3) is 0 Å². The molecule has 1 aromatic heterocycles. The van der Waals surface area contributed by atoms with E-state index in [-0.39, 0.29) is 5.91 Å². The van der Waals surface area contributed by atoms with Gasteiger partial charge >= 0.3 is 0 Å². The molecule has 0 saturated heterocycles. The van der Waals surface area contributed by atoms with Gasteiger partial charge in [0.25, 0.3) is 0 Å². The van der Waals surface area contributed by atoms with Crippen molar-refractivity contribution in [1.29, 1.82) is 0 Å². The molecule has 0 bridgehead atoms. The van der Waals surface area contributed by atoms with Gasteiger partial charge in [-0.15, -0.1) is 0 Å². The molecule has 0 saturated carbocycles. The summed E-state index contributed by atoms with van der Waals surface area (Å²) in [4.78, 5) is 12.7. The summed E-state index contributed by atoms with van der Waals surface area (Å²) >= 11 is 5.91. The van der Waals surface area contributed by atoms with Crippen LogP contribution >= 0.6 is 11.6 Å². The van der Waals surface area contributed by atoms with Crippen molar-refractivity contribution in [3.63, 3.8) is 0 Å². The highest BCUT2D eigenvalue weighted by Crippen LogP contribution is 2.26.